The Bertz CT molecular complexity index is 928. The molecule has 2 aromatic rings. The van der Waals surface area contributed by atoms with E-state index in [0.717, 1.165) is 61.3 Å². The van der Waals surface area contributed by atoms with Crippen molar-refractivity contribution >= 4 is 35.6 Å². The van der Waals surface area contributed by atoms with Gasteiger partial charge in [0.15, 0.2) is 29.1 Å². The maximum atomic E-state index is 13.5. The molecule has 1 fully saturated rings. The van der Waals surface area contributed by atoms with E-state index in [2.05, 4.69) is 20.5 Å². The van der Waals surface area contributed by atoms with E-state index in [1.54, 1.807) is 6.07 Å². The zero-order chi connectivity index (χ0) is 20.9. The lowest BCUT2D eigenvalue weighted by Gasteiger charge is -2.19. The monoisotopic (exact) mass is 544 g/mol. The van der Waals surface area contributed by atoms with Gasteiger partial charge in [-0.3, -0.25) is 0 Å². The zero-order valence-corrected chi connectivity index (χ0v) is 19.7. The second-order valence-electron chi connectivity index (χ2n) is 7.46. The highest BCUT2D eigenvalue weighted by Crippen LogP contribution is 2.32. The van der Waals surface area contributed by atoms with Gasteiger partial charge in [-0.05, 0) is 49.1 Å². The molecule has 0 aromatic heterocycles. The molecule has 6 nitrogen and oxygen atoms in total. The van der Waals surface area contributed by atoms with E-state index in [0.29, 0.717) is 12.5 Å². The fourth-order valence-electron chi connectivity index (χ4n) is 3.71. The van der Waals surface area contributed by atoms with Gasteiger partial charge < -0.3 is 25.0 Å². The molecule has 2 aliphatic heterocycles. The number of aliphatic imine (C=N–C) groups is 1. The standard InChI is InChI=1S/C22H26F2N4O2.HI/c1-2-25-22(26-11-15-3-6-20-21(9-15)30-14-29-20)27-12-16-7-8-28(13-16)17-4-5-18(23)19(24)10-17;/h3-6,9-10,16H,2,7-8,11-14H2,1H3,(H2,25,26,27);1H. The van der Waals surface area contributed by atoms with Crippen molar-refractivity contribution in [3.8, 4) is 11.5 Å². The average molecular weight is 544 g/mol. The summed E-state index contributed by atoms with van der Waals surface area (Å²) in [5.74, 6) is 1.04. The highest BCUT2D eigenvalue weighted by molar-refractivity contribution is 14.0. The van der Waals surface area contributed by atoms with Crippen LogP contribution in [0.25, 0.3) is 0 Å². The minimum atomic E-state index is -0.815. The maximum absolute atomic E-state index is 13.5. The number of fused-ring (bicyclic) bond motifs is 1. The van der Waals surface area contributed by atoms with Gasteiger partial charge in [0.05, 0.1) is 6.54 Å². The molecule has 2 aliphatic rings. The fourth-order valence-corrected chi connectivity index (χ4v) is 3.71. The summed E-state index contributed by atoms with van der Waals surface area (Å²) in [6.07, 6.45) is 0.980. The van der Waals surface area contributed by atoms with Gasteiger partial charge >= 0.3 is 0 Å². The second-order valence-corrected chi connectivity index (χ2v) is 7.46. The zero-order valence-electron chi connectivity index (χ0n) is 17.4. The second kappa shape index (κ2) is 10.8. The molecule has 1 saturated heterocycles. The first-order valence-electron chi connectivity index (χ1n) is 10.2. The number of nitrogens with zero attached hydrogens (tertiary/aromatic N) is 2. The number of ether oxygens (including phenoxy) is 2. The fraction of sp³-hybridized carbons (Fsp3) is 0.409. The molecule has 168 valence electrons. The lowest BCUT2D eigenvalue weighted by atomic mass is 10.1. The van der Waals surface area contributed by atoms with Crippen LogP contribution in [-0.4, -0.2) is 38.9 Å². The van der Waals surface area contributed by atoms with E-state index in [1.807, 2.05) is 25.1 Å². The Morgan fingerprint density at radius 2 is 1.94 bits per heavy atom. The van der Waals surface area contributed by atoms with Crippen LogP contribution in [0.4, 0.5) is 14.5 Å². The number of rotatable bonds is 6. The first-order valence-corrected chi connectivity index (χ1v) is 10.2. The molecular weight excluding hydrogens is 517 g/mol. The SMILES string of the molecule is CCNC(=NCc1ccc2c(c1)OCO2)NCC1CCN(c2ccc(F)c(F)c2)C1.I. The van der Waals surface area contributed by atoms with Crippen LogP contribution >= 0.6 is 24.0 Å². The van der Waals surface area contributed by atoms with E-state index >= 15 is 0 Å². The summed E-state index contributed by atoms with van der Waals surface area (Å²) < 4.78 is 37.4. The maximum Gasteiger partial charge on any atom is 0.231 e. The van der Waals surface area contributed by atoms with Crippen LogP contribution in [0.5, 0.6) is 11.5 Å². The number of halogens is 3. The van der Waals surface area contributed by atoms with Crippen molar-refractivity contribution in [3.63, 3.8) is 0 Å². The third-order valence-electron chi connectivity index (χ3n) is 5.31. The van der Waals surface area contributed by atoms with Crippen LogP contribution < -0.4 is 25.0 Å². The lowest BCUT2D eigenvalue weighted by Crippen LogP contribution is -2.40. The predicted molar refractivity (Wildman–Crippen MR) is 127 cm³/mol. The summed E-state index contributed by atoms with van der Waals surface area (Å²) >= 11 is 0. The molecule has 0 spiro atoms. The molecule has 0 aliphatic carbocycles. The summed E-state index contributed by atoms with van der Waals surface area (Å²) in [4.78, 5) is 6.75. The molecule has 2 N–H and O–H groups in total. The smallest absolute Gasteiger partial charge is 0.231 e. The molecule has 1 atom stereocenters. The van der Waals surface area contributed by atoms with Crippen molar-refractivity contribution in [2.75, 3.05) is 37.9 Å². The average Bonchev–Trinajstić information content (AvgIpc) is 3.41. The molecule has 31 heavy (non-hydrogen) atoms. The molecule has 2 heterocycles. The molecule has 0 saturated carbocycles. The number of hydrogen-bond donors (Lipinski definition) is 2. The van der Waals surface area contributed by atoms with Crippen LogP contribution in [0.3, 0.4) is 0 Å². The van der Waals surface area contributed by atoms with E-state index in [1.165, 1.54) is 12.1 Å². The van der Waals surface area contributed by atoms with Gasteiger partial charge in [-0.25, -0.2) is 13.8 Å². The largest absolute Gasteiger partial charge is 0.454 e. The third kappa shape index (κ3) is 5.90. The van der Waals surface area contributed by atoms with Crippen LogP contribution in [0.1, 0.15) is 18.9 Å². The molecular formula is C22H27F2IN4O2. The van der Waals surface area contributed by atoms with Crippen molar-refractivity contribution in [1.29, 1.82) is 0 Å². The normalized spacial score (nSPS) is 17.5. The molecule has 1 unspecified atom stereocenters. The Kier molecular flexibility index (Phi) is 8.16. The first kappa shape index (κ1) is 23.4. The van der Waals surface area contributed by atoms with E-state index < -0.39 is 11.6 Å². The van der Waals surface area contributed by atoms with Crippen molar-refractivity contribution in [1.82, 2.24) is 10.6 Å². The van der Waals surface area contributed by atoms with E-state index in [-0.39, 0.29) is 30.8 Å². The number of anilines is 1. The minimum Gasteiger partial charge on any atom is -0.454 e. The first-order chi connectivity index (χ1) is 14.6. The van der Waals surface area contributed by atoms with Crippen molar-refractivity contribution in [2.45, 2.75) is 19.9 Å². The highest BCUT2D eigenvalue weighted by Gasteiger charge is 2.23. The van der Waals surface area contributed by atoms with Crippen molar-refractivity contribution < 1.29 is 18.3 Å². The quantitative estimate of drug-likeness (QED) is 0.329. The molecule has 0 radical (unpaired) electrons. The lowest BCUT2D eigenvalue weighted by molar-refractivity contribution is 0.174. The number of nitrogens with one attached hydrogen (secondary N) is 2. The van der Waals surface area contributed by atoms with Gasteiger partial charge in [0.2, 0.25) is 6.79 Å². The van der Waals surface area contributed by atoms with Crippen LogP contribution in [0.15, 0.2) is 41.4 Å². The van der Waals surface area contributed by atoms with Crippen molar-refractivity contribution in [2.24, 2.45) is 10.9 Å². The van der Waals surface area contributed by atoms with Crippen LogP contribution in [-0.2, 0) is 6.54 Å². The van der Waals surface area contributed by atoms with Gasteiger partial charge in [-0.15, -0.1) is 24.0 Å². The minimum absolute atomic E-state index is 0. The molecule has 9 heteroatoms. The Morgan fingerprint density at radius 1 is 1.10 bits per heavy atom. The van der Waals surface area contributed by atoms with E-state index in [4.69, 9.17) is 9.47 Å². The highest BCUT2D eigenvalue weighted by atomic mass is 127. The number of benzene rings is 2. The van der Waals surface area contributed by atoms with Crippen molar-refractivity contribution in [3.05, 3.63) is 53.6 Å². The molecule has 0 amide bonds. The Balaban J connectivity index is 0.00000272. The number of hydrogen-bond acceptors (Lipinski definition) is 4. The Labute approximate surface area is 198 Å². The Morgan fingerprint density at radius 3 is 2.74 bits per heavy atom. The summed E-state index contributed by atoms with van der Waals surface area (Å²) in [7, 11) is 0. The topological polar surface area (TPSA) is 58.1 Å². The molecule has 2 aromatic carbocycles. The molecule has 4 rings (SSSR count). The van der Waals surface area contributed by atoms with Gasteiger partial charge in [0.25, 0.3) is 0 Å². The van der Waals surface area contributed by atoms with Gasteiger partial charge in [-0.1, -0.05) is 6.07 Å². The van der Waals surface area contributed by atoms with Crippen LogP contribution in [0.2, 0.25) is 0 Å². The van der Waals surface area contributed by atoms with Gasteiger partial charge in [0.1, 0.15) is 0 Å². The third-order valence-corrected chi connectivity index (χ3v) is 5.31. The van der Waals surface area contributed by atoms with E-state index in [9.17, 15) is 8.78 Å². The van der Waals surface area contributed by atoms with Gasteiger partial charge in [-0.2, -0.15) is 0 Å². The van der Waals surface area contributed by atoms with Gasteiger partial charge in [0, 0.05) is 37.9 Å². The molecule has 0 bridgehead atoms. The predicted octanol–water partition coefficient (Wildman–Crippen LogP) is 3.89. The Hall–Kier alpha value is -2.30. The summed E-state index contributed by atoms with van der Waals surface area (Å²) in [5, 5.41) is 6.66. The summed E-state index contributed by atoms with van der Waals surface area (Å²) in [5.41, 5.74) is 1.77. The van der Waals surface area contributed by atoms with Crippen LogP contribution in [0, 0.1) is 17.6 Å². The summed E-state index contributed by atoms with van der Waals surface area (Å²) in [6.45, 7) is 5.94. The summed E-state index contributed by atoms with van der Waals surface area (Å²) in [6, 6.07) is 9.91. The number of guanidine groups is 1.